The van der Waals surface area contributed by atoms with Crippen molar-refractivity contribution in [2.45, 2.75) is 18.6 Å². The van der Waals surface area contributed by atoms with Crippen LogP contribution in [0.3, 0.4) is 0 Å². The number of aliphatic hydroxyl groups excluding tert-OH is 1. The Morgan fingerprint density at radius 1 is 1.21 bits per heavy atom. The lowest BCUT2D eigenvalue weighted by Crippen LogP contribution is -2.40. The molecule has 1 aliphatic rings. The zero-order chi connectivity index (χ0) is 14.2. The number of nitrogens with zero attached hydrogens (tertiary/aromatic N) is 1. The van der Waals surface area contributed by atoms with E-state index in [1.54, 1.807) is 0 Å². The maximum absolute atomic E-state index is 13.0. The van der Waals surface area contributed by atoms with Crippen LogP contribution in [0.2, 0.25) is 0 Å². The van der Waals surface area contributed by atoms with Crippen molar-refractivity contribution < 1.29 is 28.6 Å². The summed E-state index contributed by atoms with van der Waals surface area (Å²) in [6.45, 7) is -0.173. The minimum absolute atomic E-state index is 0.0983. The number of likely N-dealkylation sites (tertiary alicyclic amines) is 1. The summed E-state index contributed by atoms with van der Waals surface area (Å²) in [6, 6.07) is 1.09. The van der Waals surface area contributed by atoms with Crippen LogP contribution >= 0.6 is 0 Å². The molecule has 1 aromatic rings. The Hall–Kier alpha value is -2.02. The predicted octanol–water partition coefficient (Wildman–Crippen LogP) is 0.625. The summed E-state index contributed by atoms with van der Waals surface area (Å²) >= 11 is 0. The van der Waals surface area contributed by atoms with Gasteiger partial charge in [-0.25, -0.2) is 13.6 Å². The summed E-state index contributed by atoms with van der Waals surface area (Å²) < 4.78 is 26.1. The van der Waals surface area contributed by atoms with Crippen LogP contribution in [0.1, 0.15) is 16.8 Å². The van der Waals surface area contributed by atoms with Crippen molar-refractivity contribution in [2.75, 3.05) is 6.54 Å². The van der Waals surface area contributed by atoms with Crippen LogP contribution in [-0.2, 0) is 4.79 Å². The Bertz CT molecular complexity index is 514. The fraction of sp³-hybridized carbons (Fsp3) is 0.333. The summed E-state index contributed by atoms with van der Waals surface area (Å²) in [5, 5.41) is 18.4. The molecule has 1 amide bonds. The lowest BCUT2D eigenvalue weighted by molar-refractivity contribution is -0.141. The second-order valence-electron chi connectivity index (χ2n) is 4.36. The minimum atomic E-state index is -1.26. The summed E-state index contributed by atoms with van der Waals surface area (Å²) in [6.07, 6.45) is -1.05. The van der Waals surface area contributed by atoms with Crippen molar-refractivity contribution >= 4 is 11.9 Å². The van der Waals surface area contributed by atoms with Gasteiger partial charge in [-0.15, -0.1) is 0 Å². The molecule has 2 N–H and O–H groups in total. The normalized spacial score (nSPS) is 22.6. The molecule has 1 aliphatic heterocycles. The van der Waals surface area contributed by atoms with E-state index >= 15 is 0 Å². The van der Waals surface area contributed by atoms with Gasteiger partial charge in [-0.1, -0.05) is 0 Å². The first-order valence-electron chi connectivity index (χ1n) is 5.56. The molecule has 1 saturated heterocycles. The second-order valence-corrected chi connectivity index (χ2v) is 4.36. The first-order chi connectivity index (χ1) is 8.88. The van der Waals surface area contributed by atoms with Gasteiger partial charge in [0.25, 0.3) is 5.91 Å². The molecule has 1 heterocycles. The maximum atomic E-state index is 13.0. The Morgan fingerprint density at radius 2 is 1.79 bits per heavy atom. The van der Waals surface area contributed by atoms with E-state index in [-0.39, 0.29) is 18.5 Å². The highest BCUT2D eigenvalue weighted by Crippen LogP contribution is 2.21. The van der Waals surface area contributed by atoms with E-state index in [2.05, 4.69) is 0 Å². The standard InChI is InChI=1S/C12H11F2NO4/c13-7-1-6(2-8(14)3-7)11(17)15-5-9(16)4-10(15)12(18)19/h1-3,9-10,16H,4-5H2,(H,18,19)/t9-,10-/m1/s1. The third-order valence-corrected chi connectivity index (χ3v) is 2.93. The first-order valence-corrected chi connectivity index (χ1v) is 5.56. The molecule has 0 saturated carbocycles. The van der Waals surface area contributed by atoms with E-state index < -0.39 is 35.7 Å². The molecular weight excluding hydrogens is 260 g/mol. The van der Waals surface area contributed by atoms with E-state index in [9.17, 15) is 23.5 Å². The monoisotopic (exact) mass is 271 g/mol. The molecule has 0 spiro atoms. The van der Waals surface area contributed by atoms with Crippen molar-refractivity contribution in [3.8, 4) is 0 Å². The van der Waals surface area contributed by atoms with Crippen molar-refractivity contribution in [3.05, 3.63) is 35.4 Å². The molecule has 7 heteroatoms. The second kappa shape index (κ2) is 4.93. The number of benzene rings is 1. The van der Waals surface area contributed by atoms with Crippen LogP contribution in [0.4, 0.5) is 8.78 Å². The van der Waals surface area contributed by atoms with Gasteiger partial charge in [0.2, 0.25) is 0 Å². The summed E-state index contributed by atoms with van der Waals surface area (Å²) in [5.74, 6) is -3.92. The van der Waals surface area contributed by atoms with Gasteiger partial charge in [-0.05, 0) is 12.1 Å². The van der Waals surface area contributed by atoms with E-state index in [4.69, 9.17) is 5.11 Å². The maximum Gasteiger partial charge on any atom is 0.326 e. The average Bonchev–Trinajstić information content (AvgIpc) is 2.69. The van der Waals surface area contributed by atoms with Gasteiger partial charge >= 0.3 is 5.97 Å². The van der Waals surface area contributed by atoms with Crippen LogP contribution in [0.5, 0.6) is 0 Å². The van der Waals surface area contributed by atoms with E-state index in [1.807, 2.05) is 0 Å². The molecule has 1 aromatic carbocycles. The molecule has 102 valence electrons. The average molecular weight is 271 g/mol. The largest absolute Gasteiger partial charge is 0.480 e. The summed E-state index contributed by atoms with van der Waals surface area (Å²) in [4.78, 5) is 23.9. The first kappa shape index (κ1) is 13.4. The molecular formula is C12H11F2NO4. The number of carboxylic acids is 1. The Morgan fingerprint density at radius 3 is 2.32 bits per heavy atom. The number of aliphatic hydroxyl groups is 1. The number of β-amino-alcohol motifs (C(OH)–C–C–N with tert-alkyl or cyclic N) is 1. The van der Waals surface area contributed by atoms with Gasteiger partial charge in [0.15, 0.2) is 0 Å². The smallest absolute Gasteiger partial charge is 0.326 e. The number of carbonyl (C=O) groups is 2. The zero-order valence-corrected chi connectivity index (χ0v) is 9.72. The Kier molecular flexibility index (Phi) is 3.48. The van der Waals surface area contributed by atoms with Gasteiger partial charge in [0, 0.05) is 24.6 Å². The third-order valence-electron chi connectivity index (χ3n) is 2.93. The predicted molar refractivity (Wildman–Crippen MR) is 59.4 cm³/mol. The fourth-order valence-electron chi connectivity index (χ4n) is 2.12. The molecule has 19 heavy (non-hydrogen) atoms. The lowest BCUT2D eigenvalue weighted by atomic mass is 10.1. The number of aliphatic carboxylic acids is 1. The number of hydrogen-bond acceptors (Lipinski definition) is 3. The fourth-order valence-corrected chi connectivity index (χ4v) is 2.12. The Labute approximate surface area is 107 Å². The van der Waals surface area contributed by atoms with Crippen molar-refractivity contribution in [2.24, 2.45) is 0 Å². The highest BCUT2D eigenvalue weighted by Gasteiger charge is 2.39. The van der Waals surface area contributed by atoms with Gasteiger partial charge in [0.1, 0.15) is 17.7 Å². The molecule has 1 fully saturated rings. The number of carbonyl (C=O) groups excluding carboxylic acids is 1. The molecule has 0 bridgehead atoms. The molecule has 5 nitrogen and oxygen atoms in total. The third kappa shape index (κ3) is 2.70. The van der Waals surface area contributed by atoms with Crippen LogP contribution in [0.25, 0.3) is 0 Å². The van der Waals surface area contributed by atoms with Gasteiger partial charge in [0.05, 0.1) is 6.10 Å². The molecule has 2 atom stereocenters. The number of hydrogen-bond donors (Lipinski definition) is 2. The molecule has 0 aromatic heterocycles. The summed E-state index contributed by atoms with van der Waals surface area (Å²) in [5.41, 5.74) is -0.280. The lowest BCUT2D eigenvalue weighted by Gasteiger charge is -2.21. The van der Waals surface area contributed by atoms with Crippen molar-refractivity contribution in [3.63, 3.8) is 0 Å². The molecule has 2 rings (SSSR count). The zero-order valence-electron chi connectivity index (χ0n) is 9.72. The Balaban J connectivity index is 2.30. The van der Waals surface area contributed by atoms with Crippen molar-refractivity contribution in [1.29, 1.82) is 0 Å². The molecule has 0 aliphatic carbocycles. The van der Waals surface area contributed by atoms with Gasteiger partial charge < -0.3 is 15.1 Å². The SMILES string of the molecule is O=C(O)[C@H]1C[C@@H](O)CN1C(=O)c1cc(F)cc(F)c1. The van der Waals surface area contributed by atoms with E-state index in [1.165, 1.54) is 0 Å². The van der Waals surface area contributed by atoms with Gasteiger partial charge in [-0.3, -0.25) is 4.79 Å². The van der Waals surface area contributed by atoms with Crippen molar-refractivity contribution in [1.82, 2.24) is 4.90 Å². The number of halogens is 2. The quantitative estimate of drug-likeness (QED) is 0.826. The highest BCUT2D eigenvalue weighted by atomic mass is 19.1. The number of carboxylic acid groups (broad SMARTS) is 1. The van der Waals surface area contributed by atoms with Crippen LogP contribution in [-0.4, -0.2) is 45.7 Å². The minimum Gasteiger partial charge on any atom is -0.480 e. The van der Waals surface area contributed by atoms with E-state index in [0.29, 0.717) is 6.07 Å². The van der Waals surface area contributed by atoms with E-state index in [0.717, 1.165) is 17.0 Å². The molecule has 0 radical (unpaired) electrons. The number of amides is 1. The van der Waals surface area contributed by atoms with Crippen LogP contribution < -0.4 is 0 Å². The van der Waals surface area contributed by atoms with Crippen LogP contribution in [0, 0.1) is 11.6 Å². The number of rotatable bonds is 2. The molecule has 0 unspecified atom stereocenters. The van der Waals surface area contributed by atoms with Gasteiger partial charge in [-0.2, -0.15) is 0 Å². The summed E-state index contributed by atoms with van der Waals surface area (Å²) in [7, 11) is 0. The van der Waals surface area contributed by atoms with Crippen LogP contribution in [0.15, 0.2) is 18.2 Å². The highest BCUT2D eigenvalue weighted by molar-refractivity contribution is 5.97. The topological polar surface area (TPSA) is 77.8 Å².